The standard InChI is InChI=1S/C16H24BrNO/c17-16-9-5-4-8-15(16)13-19-11-10-18-12-14-6-2-1-3-7-14/h4-5,8-9,14,18H,1-3,6-7,10-13H2. The van der Waals surface area contributed by atoms with E-state index in [1.54, 1.807) is 0 Å². The van der Waals surface area contributed by atoms with Gasteiger partial charge in [-0.05, 0) is 36.9 Å². The normalized spacial score (nSPS) is 16.7. The van der Waals surface area contributed by atoms with Crippen LogP contribution in [0.15, 0.2) is 28.7 Å². The Morgan fingerprint density at radius 2 is 1.95 bits per heavy atom. The van der Waals surface area contributed by atoms with Gasteiger partial charge in [-0.3, -0.25) is 0 Å². The summed E-state index contributed by atoms with van der Waals surface area (Å²) in [6.45, 7) is 3.60. The molecule has 1 aromatic rings. The molecule has 0 bridgehead atoms. The molecule has 0 aromatic heterocycles. The molecule has 1 N–H and O–H groups in total. The summed E-state index contributed by atoms with van der Waals surface area (Å²) in [7, 11) is 0. The maximum absolute atomic E-state index is 5.70. The van der Waals surface area contributed by atoms with Crippen LogP contribution in [0.3, 0.4) is 0 Å². The molecule has 106 valence electrons. The summed E-state index contributed by atoms with van der Waals surface area (Å²) < 4.78 is 6.83. The van der Waals surface area contributed by atoms with Crippen LogP contribution in [0.1, 0.15) is 37.7 Å². The average molecular weight is 326 g/mol. The lowest BCUT2D eigenvalue weighted by Gasteiger charge is -2.21. The SMILES string of the molecule is Brc1ccccc1COCCNCC1CCCCC1. The van der Waals surface area contributed by atoms with E-state index in [9.17, 15) is 0 Å². The lowest BCUT2D eigenvalue weighted by Crippen LogP contribution is -2.27. The molecular weight excluding hydrogens is 302 g/mol. The summed E-state index contributed by atoms with van der Waals surface area (Å²) >= 11 is 3.54. The minimum Gasteiger partial charge on any atom is -0.375 e. The second kappa shape index (κ2) is 8.72. The Hall–Kier alpha value is -0.380. The molecule has 1 saturated carbocycles. The number of halogens is 1. The van der Waals surface area contributed by atoms with E-state index in [-0.39, 0.29) is 0 Å². The van der Waals surface area contributed by atoms with Gasteiger partial charge in [-0.15, -0.1) is 0 Å². The Morgan fingerprint density at radius 3 is 2.74 bits per heavy atom. The zero-order chi connectivity index (χ0) is 13.3. The summed E-state index contributed by atoms with van der Waals surface area (Å²) in [5.74, 6) is 0.900. The van der Waals surface area contributed by atoms with E-state index in [0.29, 0.717) is 6.61 Å². The fourth-order valence-electron chi connectivity index (χ4n) is 2.64. The highest BCUT2D eigenvalue weighted by atomic mass is 79.9. The lowest BCUT2D eigenvalue weighted by atomic mass is 9.89. The van der Waals surface area contributed by atoms with Crippen molar-refractivity contribution in [1.82, 2.24) is 5.32 Å². The third-order valence-electron chi connectivity index (χ3n) is 3.80. The highest BCUT2D eigenvalue weighted by Gasteiger charge is 2.12. The van der Waals surface area contributed by atoms with Crippen LogP contribution in [0.5, 0.6) is 0 Å². The fraction of sp³-hybridized carbons (Fsp3) is 0.625. The van der Waals surface area contributed by atoms with E-state index in [1.807, 2.05) is 12.1 Å². The lowest BCUT2D eigenvalue weighted by molar-refractivity contribution is 0.121. The van der Waals surface area contributed by atoms with Gasteiger partial charge in [0.05, 0.1) is 13.2 Å². The quantitative estimate of drug-likeness (QED) is 0.761. The molecule has 2 nitrogen and oxygen atoms in total. The van der Waals surface area contributed by atoms with Crippen LogP contribution >= 0.6 is 15.9 Å². The maximum atomic E-state index is 5.70. The van der Waals surface area contributed by atoms with Crippen molar-refractivity contribution in [2.75, 3.05) is 19.7 Å². The monoisotopic (exact) mass is 325 g/mol. The van der Waals surface area contributed by atoms with E-state index in [0.717, 1.165) is 23.5 Å². The highest BCUT2D eigenvalue weighted by molar-refractivity contribution is 9.10. The van der Waals surface area contributed by atoms with E-state index in [1.165, 1.54) is 44.2 Å². The number of hydrogen-bond acceptors (Lipinski definition) is 2. The van der Waals surface area contributed by atoms with E-state index >= 15 is 0 Å². The van der Waals surface area contributed by atoms with Gasteiger partial charge in [0.15, 0.2) is 0 Å². The Balaban J connectivity index is 1.51. The molecule has 1 aliphatic rings. The zero-order valence-electron chi connectivity index (χ0n) is 11.5. The molecule has 0 unspecified atom stereocenters. The van der Waals surface area contributed by atoms with Crippen LogP contribution < -0.4 is 5.32 Å². The fourth-order valence-corrected chi connectivity index (χ4v) is 3.04. The molecule has 0 spiro atoms. The molecule has 19 heavy (non-hydrogen) atoms. The Morgan fingerprint density at radius 1 is 1.16 bits per heavy atom. The number of rotatable bonds is 7. The van der Waals surface area contributed by atoms with Crippen LogP contribution in [0.2, 0.25) is 0 Å². The molecule has 0 aliphatic heterocycles. The molecule has 3 heteroatoms. The first-order valence-corrected chi connectivity index (χ1v) is 8.17. The van der Waals surface area contributed by atoms with Gasteiger partial charge in [0.2, 0.25) is 0 Å². The molecule has 2 rings (SSSR count). The van der Waals surface area contributed by atoms with Gasteiger partial charge in [-0.25, -0.2) is 0 Å². The largest absolute Gasteiger partial charge is 0.375 e. The highest BCUT2D eigenvalue weighted by Crippen LogP contribution is 2.22. The first-order chi connectivity index (χ1) is 9.36. The summed E-state index contributed by atoms with van der Waals surface area (Å²) in [6.07, 6.45) is 7.09. The number of ether oxygens (including phenoxy) is 1. The van der Waals surface area contributed by atoms with Crippen molar-refractivity contribution in [1.29, 1.82) is 0 Å². The third kappa shape index (κ3) is 5.64. The van der Waals surface area contributed by atoms with Crippen LogP contribution in [-0.4, -0.2) is 19.7 Å². The van der Waals surface area contributed by atoms with Crippen molar-refractivity contribution in [3.8, 4) is 0 Å². The Labute approximate surface area is 125 Å². The smallest absolute Gasteiger partial charge is 0.0728 e. The molecule has 1 fully saturated rings. The summed E-state index contributed by atoms with van der Waals surface area (Å²) in [5.41, 5.74) is 1.22. The predicted octanol–water partition coefficient (Wildman–Crippen LogP) is 4.14. The van der Waals surface area contributed by atoms with Gasteiger partial charge in [-0.2, -0.15) is 0 Å². The first kappa shape index (κ1) is 15.0. The van der Waals surface area contributed by atoms with Crippen molar-refractivity contribution in [3.63, 3.8) is 0 Å². The Kier molecular flexibility index (Phi) is 6.90. The average Bonchev–Trinajstić information content (AvgIpc) is 2.45. The van der Waals surface area contributed by atoms with Crippen molar-refractivity contribution < 1.29 is 4.74 Å². The Bertz CT molecular complexity index is 364. The topological polar surface area (TPSA) is 21.3 Å². The van der Waals surface area contributed by atoms with E-state index in [2.05, 4.69) is 33.4 Å². The molecule has 0 amide bonds. The summed E-state index contributed by atoms with van der Waals surface area (Å²) in [4.78, 5) is 0. The van der Waals surface area contributed by atoms with Gasteiger partial charge >= 0.3 is 0 Å². The summed E-state index contributed by atoms with van der Waals surface area (Å²) in [6, 6.07) is 8.23. The second-order valence-corrected chi connectivity index (χ2v) is 6.21. The number of hydrogen-bond donors (Lipinski definition) is 1. The summed E-state index contributed by atoms with van der Waals surface area (Å²) in [5, 5.41) is 3.52. The molecule has 1 aliphatic carbocycles. The van der Waals surface area contributed by atoms with Gasteiger partial charge in [0.1, 0.15) is 0 Å². The van der Waals surface area contributed by atoms with Crippen LogP contribution in [0, 0.1) is 5.92 Å². The van der Waals surface area contributed by atoms with Gasteiger partial charge < -0.3 is 10.1 Å². The third-order valence-corrected chi connectivity index (χ3v) is 4.57. The molecule has 0 saturated heterocycles. The number of benzene rings is 1. The van der Waals surface area contributed by atoms with Crippen molar-refractivity contribution in [2.45, 2.75) is 38.7 Å². The van der Waals surface area contributed by atoms with Crippen molar-refractivity contribution >= 4 is 15.9 Å². The first-order valence-electron chi connectivity index (χ1n) is 7.38. The molecule has 0 radical (unpaired) electrons. The second-order valence-electron chi connectivity index (χ2n) is 5.35. The van der Waals surface area contributed by atoms with Crippen molar-refractivity contribution in [2.24, 2.45) is 5.92 Å². The van der Waals surface area contributed by atoms with Gasteiger partial charge in [0.25, 0.3) is 0 Å². The maximum Gasteiger partial charge on any atom is 0.0728 e. The van der Waals surface area contributed by atoms with Crippen LogP contribution in [0.4, 0.5) is 0 Å². The van der Waals surface area contributed by atoms with Crippen LogP contribution in [-0.2, 0) is 11.3 Å². The molecule has 1 aromatic carbocycles. The molecule has 0 heterocycles. The minimum absolute atomic E-state index is 0.687. The minimum atomic E-state index is 0.687. The number of nitrogens with one attached hydrogen (secondary N) is 1. The van der Waals surface area contributed by atoms with Gasteiger partial charge in [0, 0.05) is 11.0 Å². The molecule has 0 atom stereocenters. The predicted molar refractivity (Wildman–Crippen MR) is 83.2 cm³/mol. The zero-order valence-corrected chi connectivity index (χ0v) is 13.1. The van der Waals surface area contributed by atoms with Crippen molar-refractivity contribution in [3.05, 3.63) is 34.3 Å². The van der Waals surface area contributed by atoms with Crippen LogP contribution in [0.25, 0.3) is 0 Å². The molecular formula is C16H24BrNO. The van der Waals surface area contributed by atoms with E-state index in [4.69, 9.17) is 4.74 Å². The van der Waals surface area contributed by atoms with Gasteiger partial charge in [-0.1, -0.05) is 53.4 Å². The van der Waals surface area contributed by atoms with E-state index < -0.39 is 0 Å².